The molecule has 2 saturated heterocycles. The number of rotatable bonds is 3. The van der Waals surface area contributed by atoms with Gasteiger partial charge in [-0.3, -0.25) is 9.59 Å². The minimum Gasteiger partial charge on any atom is -0.481 e. The van der Waals surface area contributed by atoms with Crippen molar-refractivity contribution in [3.8, 4) is 0 Å². The van der Waals surface area contributed by atoms with Gasteiger partial charge in [-0.1, -0.05) is 19.1 Å². The average molecular weight is 251 g/mol. The van der Waals surface area contributed by atoms with E-state index in [9.17, 15) is 14.7 Å². The van der Waals surface area contributed by atoms with Crippen LogP contribution < -0.4 is 0 Å². The highest BCUT2D eigenvalue weighted by Crippen LogP contribution is 2.52. The minimum absolute atomic E-state index is 0.0661. The summed E-state index contributed by atoms with van der Waals surface area (Å²) in [7, 11) is 0. The number of carboxylic acids is 1. The van der Waals surface area contributed by atoms with E-state index in [1.165, 1.54) is 0 Å². The Labute approximate surface area is 105 Å². The summed E-state index contributed by atoms with van der Waals surface area (Å²) in [6.45, 7) is 4.50. The lowest BCUT2D eigenvalue weighted by molar-refractivity contribution is -0.148. The van der Waals surface area contributed by atoms with Gasteiger partial charge in [-0.15, -0.1) is 0 Å². The first-order chi connectivity index (χ1) is 8.50. The Bertz CT molecular complexity index is 446. The van der Waals surface area contributed by atoms with E-state index < -0.39 is 29.5 Å². The number of aliphatic carboxylic acids is 1. The van der Waals surface area contributed by atoms with Crippen LogP contribution in [0, 0.1) is 11.8 Å². The zero-order valence-corrected chi connectivity index (χ0v) is 10.5. The van der Waals surface area contributed by atoms with E-state index in [1.807, 2.05) is 19.9 Å². The van der Waals surface area contributed by atoms with Crippen LogP contribution in [0.25, 0.3) is 0 Å². The van der Waals surface area contributed by atoms with Crippen LogP contribution in [0.5, 0.6) is 0 Å². The zero-order chi connectivity index (χ0) is 13.1. The van der Waals surface area contributed by atoms with E-state index >= 15 is 0 Å². The van der Waals surface area contributed by atoms with Crippen molar-refractivity contribution >= 4 is 11.9 Å². The molecule has 5 heteroatoms. The van der Waals surface area contributed by atoms with Crippen LogP contribution in [-0.2, 0) is 14.3 Å². The molecule has 2 bridgehead atoms. The first-order valence-electron chi connectivity index (χ1n) is 6.40. The van der Waals surface area contributed by atoms with E-state index in [4.69, 9.17) is 4.74 Å². The second kappa shape index (κ2) is 3.57. The Morgan fingerprint density at radius 1 is 1.72 bits per heavy atom. The Hall–Kier alpha value is -1.36. The van der Waals surface area contributed by atoms with Crippen molar-refractivity contribution in [2.75, 3.05) is 6.54 Å². The number of ether oxygens (including phenoxy) is 1. The molecule has 0 aromatic heterocycles. The highest BCUT2D eigenvalue weighted by Gasteiger charge is 2.67. The van der Waals surface area contributed by atoms with Crippen LogP contribution >= 0.6 is 0 Å². The second-order valence-electron chi connectivity index (χ2n) is 5.46. The number of nitrogens with zero attached hydrogens (tertiary/aromatic N) is 1. The lowest BCUT2D eigenvalue weighted by atomic mass is 9.77. The van der Waals surface area contributed by atoms with Crippen LogP contribution in [-0.4, -0.2) is 46.2 Å². The SMILES string of the molecule is CC[C@H](C)N1C[C@]23C=C[C@H](O2)[C@@H](C(=O)O)[C@@H]3C1=O. The van der Waals surface area contributed by atoms with E-state index in [0.29, 0.717) is 6.54 Å². The van der Waals surface area contributed by atoms with E-state index in [2.05, 4.69) is 0 Å². The quantitative estimate of drug-likeness (QED) is 0.748. The van der Waals surface area contributed by atoms with Gasteiger partial charge in [-0.25, -0.2) is 0 Å². The van der Waals surface area contributed by atoms with Gasteiger partial charge in [0.2, 0.25) is 5.91 Å². The van der Waals surface area contributed by atoms with Crippen molar-refractivity contribution in [2.45, 2.75) is 38.0 Å². The number of likely N-dealkylation sites (tertiary alicyclic amines) is 1. The van der Waals surface area contributed by atoms with E-state index in [1.54, 1.807) is 11.0 Å². The summed E-state index contributed by atoms with van der Waals surface area (Å²) in [5.41, 5.74) is -0.686. The summed E-state index contributed by atoms with van der Waals surface area (Å²) in [6, 6.07) is 0.128. The Morgan fingerprint density at radius 2 is 2.44 bits per heavy atom. The third-order valence-corrected chi connectivity index (χ3v) is 4.54. The van der Waals surface area contributed by atoms with Gasteiger partial charge in [0, 0.05) is 6.04 Å². The number of carbonyl (C=O) groups excluding carboxylic acids is 1. The van der Waals surface area contributed by atoms with Crippen LogP contribution in [0.2, 0.25) is 0 Å². The predicted octanol–water partition coefficient (Wildman–Crippen LogP) is 0.651. The Kier molecular flexibility index (Phi) is 2.32. The van der Waals surface area contributed by atoms with Gasteiger partial charge in [-0.05, 0) is 13.3 Å². The normalized spacial score (nSPS) is 42.4. The molecule has 0 aliphatic carbocycles. The molecule has 0 aromatic rings. The first-order valence-corrected chi connectivity index (χ1v) is 6.40. The highest BCUT2D eigenvalue weighted by atomic mass is 16.5. The smallest absolute Gasteiger partial charge is 0.310 e. The Balaban J connectivity index is 1.97. The molecule has 18 heavy (non-hydrogen) atoms. The van der Waals surface area contributed by atoms with E-state index in [0.717, 1.165) is 6.42 Å². The van der Waals surface area contributed by atoms with E-state index in [-0.39, 0.29) is 11.9 Å². The number of hydrogen-bond donors (Lipinski definition) is 1. The monoisotopic (exact) mass is 251 g/mol. The molecular weight excluding hydrogens is 234 g/mol. The van der Waals surface area contributed by atoms with Crippen LogP contribution in [0.3, 0.4) is 0 Å². The maximum absolute atomic E-state index is 12.4. The largest absolute Gasteiger partial charge is 0.481 e. The molecule has 3 rings (SSSR count). The fourth-order valence-corrected chi connectivity index (χ4v) is 3.40. The van der Waals surface area contributed by atoms with Crippen molar-refractivity contribution in [3.63, 3.8) is 0 Å². The molecule has 1 spiro atoms. The lowest BCUT2D eigenvalue weighted by Crippen LogP contribution is -2.40. The maximum atomic E-state index is 12.4. The molecule has 5 atom stereocenters. The molecule has 2 fully saturated rings. The van der Waals surface area contributed by atoms with Crippen molar-refractivity contribution in [1.29, 1.82) is 0 Å². The number of fused-ring (bicyclic) bond motifs is 1. The summed E-state index contributed by atoms with van der Waals surface area (Å²) >= 11 is 0. The standard InChI is InChI=1S/C13H17NO4/c1-3-7(2)14-6-13-5-4-8(18-13)9(12(16)17)10(13)11(14)15/h4-5,7-10H,3,6H2,1-2H3,(H,16,17)/t7-,8-,9+,10+,13-/m0/s1. The van der Waals surface area contributed by atoms with Crippen molar-refractivity contribution in [2.24, 2.45) is 11.8 Å². The van der Waals surface area contributed by atoms with Gasteiger partial charge in [0.05, 0.1) is 18.6 Å². The highest BCUT2D eigenvalue weighted by molar-refractivity contribution is 5.90. The summed E-state index contributed by atoms with van der Waals surface area (Å²) in [4.78, 5) is 25.5. The van der Waals surface area contributed by atoms with Gasteiger partial charge in [0.25, 0.3) is 0 Å². The zero-order valence-electron chi connectivity index (χ0n) is 10.5. The summed E-state index contributed by atoms with van der Waals surface area (Å²) < 4.78 is 5.80. The van der Waals surface area contributed by atoms with Gasteiger partial charge in [-0.2, -0.15) is 0 Å². The molecule has 0 saturated carbocycles. The van der Waals surface area contributed by atoms with Gasteiger partial charge >= 0.3 is 5.97 Å². The van der Waals surface area contributed by atoms with Crippen molar-refractivity contribution in [1.82, 2.24) is 4.90 Å². The van der Waals surface area contributed by atoms with Gasteiger partial charge < -0.3 is 14.7 Å². The van der Waals surface area contributed by atoms with Crippen molar-refractivity contribution in [3.05, 3.63) is 12.2 Å². The fraction of sp³-hybridized carbons (Fsp3) is 0.692. The molecule has 3 aliphatic rings. The average Bonchev–Trinajstić information content (AvgIpc) is 2.96. The molecule has 0 unspecified atom stereocenters. The summed E-state index contributed by atoms with van der Waals surface area (Å²) in [5.74, 6) is -2.27. The van der Waals surface area contributed by atoms with Gasteiger partial charge in [0.15, 0.2) is 0 Å². The summed E-state index contributed by atoms with van der Waals surface area (Å²) in [5, 5.41) is 9.29. The van der Waals surface area contributed by atoms with Crippen LogP contribution in [0.4, 0.5) is 0 Å². The molecule has 5 nitrogen and oxygen atoms in total. The number of amides is 1. The topological polar surface area (TPSA) is 66.8 Å². The second-order valence-corrected chi connectivity index (χ2v) is 5.46. The first kappa shape index (κ1) is 11.7. The number of hydrogen-bond acceptors (Lipinski definition) is 3. The van der Waals surface area contributed by atoms with Gasteiger partial charge in [0.1, 0.15) is 11.5 Å². The molecular formula is C13H17NO4. The third-order valence-electron chi connectivity index (χ3n) is 4.54. The lowest BCUT2D eigenvalue weighted by Gasteiger charge is -2.26. The molecule has 0 aromatic carbocycles. The molecule has 0 radical (unpaired) electrons. The molecule has 3 aliphatic heterocycles. The fourth-order valence-electron chi connectivity index (χ4n) is 3.40. The Morgan fingerprint density at radius 3 is 3.06 bits per heavy atom. The molecule has 1 N–H and O–H groups in total. The maximum Gasteiger partial charge on any atom is 0.310 e. The number of carboxylic acid groups (broad SMARTS) is 1. The predicted molar refractivity (Wildman–Crippen MR) is 62.8 cm³/mol. The molecule has 98 valence electrons. The summed E-state index contributed by atoms with van der Waals surface area (Å²) in [6.07, 6.45) is 4.11. The van der Waals surface area contributed by atoms with Crippen LogP contribution in [0.15, 0.2) is 12.2 Å². The third kappa shape index (κ3) is 1.25. The molecule has 3 heterocycles. The van der Waals surface area contributed by atoms with Crippen LogP contribution in [0.1, 0.15) is 20.3 Å². The molecule has 1 amide bonds. The minimum atomic E-state index is -0.935. The number of carbonyl (C=O) groups is 2. The van der Waals surface area contributed by atoms with Crippen molar-refractivity contribution < 1.29 is 19.4 Å².